The Hall–Kier alpha value is -1.49. The molecule has 0 unspecified atom stereocenters. The minimum absolute atomic E-state index is 0.552. The molecule has 0 fully saturated rings. The van der Waals surface area contributed by atoms with E-state index in [0.29, 0.717) is 13.2 Å². The molecule has 0 bridgehead atoms. The normalized spacial score (nSPS) is 11.9. The Kier molecular flexibility index (Phi) is 5.06. The van der Waals surface area contributed by atoms with Crippen molar-refractivity contribution in [2.45, 2.75) is 26.7 Å². The van der Waals surface area contributed by atoms with Crippen LogP contribution in [-0.2, 0) is 15.4 Å². The molecule has 1 N–H and O–H groups in total. The smallest absolute Gasteiger partial charge is 0.257 e. The molecular formula is C16H22N2O2. The fourth-order valence-electron chi connectivity index (χ4n) is 2.40. The Morgan fingerprint density at radius 3 is 2.40 bits per heavy atom. The molecule has 0 radical (unpaired) electrons. The van der Waals surface area contributed by atoms with Crippen LogP contribution in [0.3, 0.4) is 0 Å². The maximum absolute atomic E-state index is 5.93. The van der Waals surface area contributed by atoms with Gasteiger partial charge in [0, 0.05) is 24.8 Å². The Balaban J connectivity index is 2.60. The van der Waals surface area contributed by atoms with Crippen LogP contribution in [0.4, 0.5) is 0 Å². The SMILES string of the molecule is CCNC(OCC)(OCC)c1cccc2cccnc12. The molecule has 0 saturated carbocycles. The molecule has 1 aromatic heterocycles. The monoisotopic (exact) mass is 274 g/mol. The maximum atomic E-state index is 5.93. The van der Waals surface area contributed by atoms with Gasteiger partial charge in [-0.15, -0.1) is 0 Å². The number of ether oxygens (including phenoxy) is 2. The number of nitrogens with zero attached hydrogens (tertiary/aromatic N) is 1. The lowest BCUT2D eigenvalue weighted by molar-refractivity contribution is -0.261. The van der Waals surface area contributed by atoms with Crippen molar-refractivity contribution in [2.75, 3.05) is 19.8 Å². The summed E-state index contributed by atoms with van der Waals surface area (Å²) in [5, 5.41) is 4.40. The highest BCUT2D eigenvalue weighted by atomic mass is 16.7. The molecule has 0 saturated heterocycles. The second kappa shape index (κ2) is 6.79. The van der Waals surface area contributed by atoms with Crippen molar-refractivity contribution in [3.8, 4) is 0 Å². The molecule has 0 aliphatic rings. The number of rotatable bonds is 7. The molecule has 4 nitrogen and oxygen atoms in total. The highest BCUT2D eigenvalue weighted by Gasteiger charge is 2.35. The highest BCUT2D eigenvalue weighted by Crippen LogP contribution is 2.30. The van der Waals surface area contributed by atoms with Gasteiger partial charge in [0.2, 0.25) is 0 Å². The summed E-state index contributed by atoms with van der Waals surface area (Å²) in [4.78, 5) is 4.49. The zero-order chi connectivity index (χ0) is 14.4. The fourth-order valence-corrected chi connectivity index (χ4v) is 2.40. The van der Waals surface area contributed by atoms with Gasteiger partial charge in [0.15, 0.2) is 0 Å². The molecule has 2 rings (SSSR count). The Labute approximate surface area is 120 Å². The Morgan fingerprint density at radius 1 is 1.05 bits per heavy atom. The van der Waals surface area contributed by atoms with Crippen LogP contribution in [0.25, 0.3) is 10.9 Å². The van der Waals surface area contributed by atoms with Gasteiger partial charge < -0.3 is 9.47 Å². The van der Waals surface area contributed by atoms with E-state index in [1.54, 1.807) is 6.20 Å². The number of hydrogen-bond acceptors (Lipinski definition) is 4. The summed E-state index contributed by atoms with van der Waals surface area (Å²) < 4.78 is 11.9. The molecule has 20 heavy (non-hydrogen) atoms. The van der Waals surface area contributed by atoms with Crippen molar-refractivity contribution in [1.29, 1.82) is 0 Å². The molecule has 0 aliphatic carbocycles. The van der Waals surface area contributed by atoms with Crippen molar-refractivity contribution in [2.24, 2.45) is 0 Å². The zero-order valence-corrected chi connectivity index (χ0v) is 12.3. The molecule has 0 spiro atoms. The summed E-state index contributed by atoms with van der Waals surface area (Å²) in [5.41, 5.74) is 1.82. The molecule has 0 aliphatic heterocycles. The third-order valence-corrected chi connectivity index (χ3v) is 3.09. The molecule has 4 heteroatoms. The van der Waals surface area contributed by atoms with Crippen LogP contribution >= 0.6 is 0 Å². The van der Waals surface area contributed by atoms with Gasteiger partial charge in [-0.05, 0) is 32.5 Å². The lowest BCUT2D eigenvalue weighted by atomic mass is 10.1. The summed E-state index contributed by atoms with van der Waals surface area (Å²) in [6.07, 6.45) is 1.79. The quantitative estimate of drug-likeness (QED) is 0.788. The van der Waals surface area contributed by atoms with Gasteiger partial charge in [-0.3, -0.25) is 10.3 Å². The predicted octanol–water partition coefficient (Wildman–Crippen LogP) is 3.03. The van der Waals surface area contributed by atoms with Crippen molar-refractivity contribution in [3.63, 3.8) is 0 Å². The average Bonchev–Trinajstić information content (AvgIpc) is 2.47. The van der Waals surface area contributed by atoms with E-state index in [1.807, 2.05) is 51.1 Å². The summed E-state index contributed by atoms with van der Waals surface area (Å²) in [7, 11) is 0. The molecule has 0 atom stereocenters. The topological polar surface area (TPSA) is 43.4 Å². The third-order valence-electron chi connectivity index (χ3n) is 3.09. The van der Waals surface area contributed by atoms with Crippen molar-refractivity contribution in [1.82, 2.24) is 10.3 Å². The second-order valence-corrected chi connectivity index (χ2v) is 4.39. The number of hydrogen-bond donors (Lipinski definition) is 1. The van der Waals surface area contributed by atoms with E-state index in [1.165, 1.54) is 0 Å². The molecule has 2 aromatic rings. The summed E-state index contributed by atoms with van der Waals surface area (Å²) in [6.45, 7) is 7.80. The lowest BCUT2D eigenvalue weighted by Crippen LogP contribution is -2.47. The van der Waals surface area contributed by atoms with Gasteiger partial charge in [0.25, 0.3) is 5.91 Å². The number of para-hydroxylation sites is 1. The first-order valence-electron chi connectivity index (χ1n) is 7.14. The van der Waals surface area contributed by atoms with Crippen LogP contribution in [0.15, 0.2) is 36.5 Å². The summed E-state index contributed by atoms with van der Waals surface area (Å²) in [5.74, 6) is -0.938. The number of fused-ring (bicyclic) bond motifs is 1. The molecule has 1 heterocycles. The molecule has 108 valence electrons. The average molecular weight is 274 g/mol. The van der Waals surface area contributed by atoms with Crippen LogP contribution in [0.5, 0.6) is 0 Å². The standard InChI is InChI=1S/C16H22N2O2/c1-4-18-16(19-5-2,20-6-3)14-11-7-9-13-10-8-12-17-15(13)14/h7-12,18H,4-6H2,1-3H3. The Morgan fingerprint density at radius 2 is 1.75 bits per heavy atom. The first-order chi connectivity index (χ1) is 9.77. The van der Waals surface area contributed by atoms with Crippen LogP contribution in [0.1, 0.15) is 26.3 Å². The highest BCUT2D eigenvalue weighted by molar-refractivity contribution is 5.82. The predicted molar refractivity (Wildman–Crippen MR) is 80.3 cm³/mol. The van der Waals surface area contributed by atoms with Gasteiger partial charge in [0.05, 0.1) is 11.1 Å². The van der Waals surface area contributed by atoms with E-state index in [0.717, 1.165) is 23.0 Å². The van der Waals surface area contributed by atoms with E-state index in [9.17, 15) is 0 Å². The molecular weight excluding hydrogens is 252 g/mol. The van der Waals surface area contributed by atoms with Gasteiger partial charge in [-0.1, -0.05) is 25.1 Å². The van der Waals surface area contributed by atoms with Crippen LogP contribution < -0.4 is 5.32 Å². The first-order valence-corrected chi connectivity index (χ1v) is 7.14. The molecule has 0 amide bonds. The summed E-state index contributed by atoms with van der Waals surface area (Å²) >= 11 is 0. The number of pyridine rings is 1. The first kappa shape index (κ1) is 14.9. The lowest BCUT2D eigenvalue weighted by Gasteiger charge is -2.34. The van der Waals surface area contributed by atoms with Gasteiger partial charge in [0.1, 0.15) is 0 Å². The van der Waals surface area contributed by atoms with Crippen LogP contribution in [0, 0.1) is 0 Å². The van der Waals surface area contributed by atoms with E-state index in [4.69, 9.17) is 9.47 Å². The van der Waals surface area contributed by atoms with Gasteiger partial charge in [-0.2, -0.15) is 0 Å². The minimum Gasteiger partial charge on any atom is -0.334 e. The minimum atomic E-state index is -0.938. The van der Waals surface area contributed by atoms with Crippen LogP contribution in [0.2, 0.25) is 0 Å². The summed E-state index contributed by atoms with van der Waals surface area (Å²) in [6, 6.07) is 10.0. The Bertz CT molecular complexity index is 535. The third kappa shape index (κ3) is 2.82. The van der Waals surface area contributed by atoms with E-state index < -0.39 is 5.91 Å². The second-order valence-electron chi connectivity index (χ2n) is 4.39. The van der Waals surface area contributed by atoms with Gasteiger partial charge in [-0.25, -0.2) is 0 Å². The van der Waals surface area contributed by atoms with E-state index in [-0.39, 0.29) is 0 Å². The van der Waals surface area contributed by atoms with Gasteiger partial charge >= 0.3 is 0 Å². The molecule has 1 aromatic carbocycles. The number of benzene rings is 1. The number of nitrogens with one attached hydrogen (secondary N) is 1. The maximum Gasteiger partial charge on any atom is 0.257 e. The van der Waals surface area contributed by atoms with Crippen molar-refractivity contribution >= 4 is 10.9 Å². The van der Waals surface area contributed by atoms with Crippen molar-refractivity contribution < 1.29 is 9.47 Å². The van der Waals surface area contributed by atoms with Crippen LogP contribution in [-0.4, -0.2) is 24.7 Å². The van der Waals surface area contributed by atoms with E-state index in [2.05, 4.69) is 10.3 Å². The van der Waals surface area contributed by atoms with E-state index >= 15 is 0 Å². The fraction of sp³-hybridized carbons (Fsp3) is 0.438. The zero-order valence-electron chi connectivity index (χ0n) is 12.3. The number of aromatic nitrogens is 1. The largest absolute Gasteiger partial charge is 0.334 e. The van der Waals surface area contributed by atoms with Crippen molar-refractivity contribution in [3.05, 3.63) is 42.1 Å².